The summed E-state index contributed by atoms with van der Waals surface area (Å²) in [5.74, 6) is 0.869. The molecule has 1 rings (SSSR count). The Labute approximate surface area is 245 Å². The molecule has 0 radical (unpaired) electrons. The summed E-state index contributed by atoms with van der Waals surface area (Å²) in [6, 6.07) is 0. The van der Waals surface area contributed by atoms with Gasteiger partial charge in [0.15, 0.2) is 0 Å². The fraction of sp³-hybridized carbons (Fsp3) is 0.708. The van der Waals surface area contributed by atoms with Gasteiger partial charge in [0.1, 0.15) is 0 Å². The van der Waals surface area contributed by atoms with Crippen LogP contribution in [0.2, 0.25) is 0 Å². The zero-order chi connectivity index (χ0) is 32.3. The van der Waals surface area contributed by atoms with E-state index in [0.29, 0.717) is 85.8 Å². The van der Waals surface area contributed by atoms with Gasteiger partial charge in [-0.05, 0) is 0 Å². The summed E-state index contributed by atoms with van der Waals surface area (Å²) >= 11 is 0. The number of carboxylic acids is 1. The number of nitrogens with one attached hydrogen (secondary N) is 2. The Kier molecular flexibility index (Phi) is 23.4. The number of carbonyl (C=O) groups excluding carboxylic acids is 4. The van der Waals surface area contributed by atoms with Crippen molar-refractivity contribution in [1.82, 2.24) is 15.6 Å². The summed E-state index contributed by atoms with van der Waals surface area (Å²) in [5, 5.41) is 9.79. The van der Waals surface area contributed by atoms with Gasteiger partial charge >= 0.3 is 12.1 Å². The highest BCUT2D eigenvalue weighted by Crippen LogP contribution is 2.13. The maximum atomic E-state index is 11.7. The number of nitrogens with zero attached hydrogens (tertiary/aromatic N) is 1. The highest BCUT2D eigenvalue weighted by atomic mass is 19.4. The SMILES string of the molecule is NNC(=O)CCOCCOCCOCCOCCOCCOCCNC(=O)CCN1C(=O)C=CC1=O.O=C(O)C(F)(F)F. The number of carboxylic acid groups (broad SMARTS) is 1. The summed E-state index contributed by atoms with van der Waals surface area (Å²) in [7, 11) is 0. The molecule has 1 heterocycles. The predicted octanol–water partition coefficient (Wildman–Crippen LogP) is -1.47. The molecule has 0 aromatic carbocycles. The van der Waals surface area contributed by atoms with E-state index >= 15 is 0 Å². The first-order chi connectivity index (χ1) is 20.5. The summed E-state index contributed by atoms with van der Waals surface area (Å²) < 4.78 is 63.8. The van der Waals surface area contributed by atoms with Crippen molar-refractivity contribution >= 4 is 29.6 Å². The van der Waals surface area contributed by atoms with E-state index in [-0.39, 0.29) is 31.2 Å². The van der Waals surface area contributed by atoms with Crippen LogP contribution in [0.1, 0.15) is 12.8 Å². The lowest BCUT2D eigenvalue weighted by Gasteiger charge is -2.13. The van der Waals surface area contributed by atoms with Crippen LogP contribution in [0, 0.1) is 0 Å². The molecule has 0 aromatic heterocycles. The quantitative estimate of drug-likeness (QED) is 0.0315. The summed E-state index contributed by atoms with van der Waals surface area (Å²) in [4.78, 5) is 55.3. The average molecular weight is 633 g/mol. The summed E-state index contributed by atoms with van der Waals surface area (Å²) in [6.45, 7) is 5.27. The monoisotopic (exact) mass is 632 g/mol. The van der Waals surface area contributed by atoms with Crippen molar-refractivity contribution in [3.63, 3.8) is 0 Å². The molecular weight excluding hydrogens is 593 g/mol. The minimum Gasteiger partial charge on any atom is -0.475 e. The molecular formula is C24H39F3N4O12. The average Bonchev–Trinajstić information content (AvgIpc) is 3.28. The van der Waals surface area contributed by atoms with E-state index in [1.165, 1.54) is 12.2 Å². The van der Waals surface area contributed by atoms with Crippen LogP contribution in [0.25, 0.3) is 0 Å². The molecule has 0 bridgehead atoms. The molecule has 1 aliphatic rings. The van der Waals surface area contributed by atoms with Crippen molar-refractivity contribution < 1.29 is 70.7 Å². The van der Waals surface area contributed by atoms with Gasteiger partial charge in [0.25, 0.3) is 11.8 Å². The van der Waals surface area contributed by atoms with Crippen LogP contribution in [0.3, 0.4) is 0 Å². The number of nitrogens with two attached hydrogens (primary N) is 1. The molecule has 43 heavy (non-hydrogen) atoms. The van der Waals surface area contributed by atoms with Gasteiger partial charge in [-0.1, -0.05) is 0 Å². The highest BCUT2D eigenvalue weighted by molar-refractivity contribution is 6.13. The third kappa shape index (κ3) is 24.0. The van der Waals surface area contributed by atoms with Crippen LogP contribution >= 0.6 is 0 Å². The zero-order valence-electron chi connectivity index (χ0n) is 23.6. The number of hydrogen-bond donors (Lipinski definition) is 4. The Morgan fingerprint density at radius 3 is 1.44 bits per heavy atom. The first-order valence-corrected chi connectivity index (χ1v) is 13.0. The second-order valence-corrected chi connectivity index (χ2v) is 8.06. The van der Waals surface area contributed by atoms with Crippen molar-refractivity contribution in [2.75, 3.05) is 92.4 Å². The first kappa shape index (κ1) is 39.8. The molecule has 16 nitrogen and oxygen atoms in total. The number of alkyl halides is 3. The van der Waals surface area contributed by atoms with Gasteiger partial charge < -0.3 is 38.8 Å². The lowest BCUT2D eigenvalue weighted by Crippen LogP contribution is -2.35. The standard InChI is InChI=1S/C22H38N4O10.C2HF3O2/c23-25-20(28)4-7-31-9-11-33-13-15-35-17-18-36-16-14-34-12-10-32-8-5-24-19(27)3-6-26-21(29)1-2-22(26)30;3-2(4,5)1(6)7/h1-2H,3-18,23H2,(H,24,27)(H,25,28);(H,6,7). The van der Waals surface area contributed by atoms with Crippen molar-refractivity contribution in [3.05, 3.63) is 12.2 Å². The Morgan fingerprint density at radius 2 is 1.07 bits per heavy atom. The maximum absolute atomic E-state index is 11.7. The minimum absolute atomic E-state index is 0.0516. The molecule has 19 heteroatoms. The molecule has 0 saturated carbocycles. The number of halogens is 3. The van der Waals surface area contributed by atoms with E-state index in [4.69, 9.17) is 44.2 Å². The van der Waals surface area contributed by atoms with Gasteiger partial charge in [0, 0.05) is 31.7 Å². The van der Waals surface area contributed by atoms with Crippen molar-refractivity contribution in [3.8, 4) is 0 Å². The number of carbonyl (C=O) groups is 5. The number of rotatable bonds is 24. The third-order valence-corrected chi connectivity index (χ3v) is 4.77. The van der Waals surface area contributed by atoms with Crippen LogP contribution in [-0.4, -0.2) is 138 Å². The fourth-order valence-corrected chi connectivity index (χ4v) is 2.65. The number of ether oxygens (including phenoxy) is 6. The summed E-state index contributed by atoms with van der Waals surface area (Å²) in [6.07, 6.45) is -2.44. The molecule has 5 N–H and O–H groups in total. The molecule has 0 fully saturated rings. The molecule has 0 atom stereocenters. The van der Waals surface area contributed by atoms with E-state index in [9.17, 15) is 32.3 Å². The van der Waals surface area contributed by atoms with Crippen LogP contribution in [0.4, 0.5) is 13.2 Å². The Balaban J connectivity index is 0.00000223. The van der Waals surface area contributed by atoms with Crippen LogP contribution < -0.4 is 16.6 Å². The largest absolute Gasteiger partial charge is 0.490 e. The van der Waals surface area contributed by atoms with Gasteiger partial charge in [-0.3, -0.25) is 29.5 Å². The highest BCUT2D eigenvalue weighted by Gasteiger charge is 2.38. The molecule has 4 amide bonds. The van der Waals surface area contributed by atoms with Crippen LogP contribution in [-0.2, 0) is 52.4 Å². The molecule has 0 aromatic rings. The normalized spacial score (nSPS) is 12.7. The fourth-order valence-electron chi connectivity index (χ4n) is 2.65. The second kappa shape index (κ2) is 25.3. The Bertz CT molecular complexity index is 844. The zero-order valence-corrected chi connectivity index (χ0v) is 23.6. The van der Waals surface area contributed by atoms with E-state index < -0.39 is 24.0 Å². The lowest BCUT2D eigenvalue weighted by atomic mass is 10.3. The van der Waals surface area contributed by atoms with Crippen LogP contribution in [0.5, 0.6) is 0 Å². The van der Waals surface area contributed by atoms with Gasteiger partial charge in [-0.25, -0.2) is 10.6 Å². The van der Waals surface area contributed by atoms with Gasteiger partial charge in [-0.15, -0.1) is 0 Å². The number of aliphatic carboxylic acids is 1. The smallest absolute Gasteiger partial charge is 0.475 e. The van der Waals surface area contributed by atoms with E-state index in [0.717, 1.165) is 4.90 Å². The summed E-state index contributed by atoms with van der Waals surface area (Å²) in [5.41, 5.74) is 2.02. The van der Waals surface area contributed by atoms with Crippen molar-refractivity contribution in [2.24, 2.45) is 5.84 Å². The number of hydrogen-bond acceptors (Lipinski definition) is 12. The Morgan fingerprint density at radius 1 is 0.698 bits per heavy atom. The Hall–Kier alpha value is -3.20. The van der Waals surface area contributed by atoms with E-state index in [1.54, 1.807) is 0 Å². The number of amides is 4. The number of imide groups is 1. The molecule has 0 unspecified atom stereocenters. The van der Waals surface area contributed by atoms with Gasteiger partial charge in [0.2, 0.25) is 11.8 Å². The van der Waals surface area contributed by atoms with Crippen molar-refractivity contribution in [2.45, 2.75) is 19.0 Å². The van der Waals surface area contributed by atoms with E-state index in [2.05, 4.69) is 5.32 Å². The van der Waals surface area contributed by atoms with Crippen molar-refractivity contribution in [1.29, 1.82) is 0 Å². The second-order valence-electron chi connectivity index (χ2n) is 8.06. The maximum Gasteiger partial charge on any atom is 0.490 e. The number of hydrazine groups is 1. The van der Waals surface area contributed by atoms with Crippen LogP contribution in [0.15, 0.2) is 12.2 Å². The topological polar surface area (TPSA) is 214 Å². The van der Waals surface area contributed by atoms with E-state index in [1.807, 2.05) is 5.43 Å². The van der Waals surface area contributed by atoms with Gasteiger partial charge in [-0.2, -0.15) is 13.2 Å². The first-order valence-electron chi connectivity index (χ1n) is 13.0. The molecule has 1 aliphatic heterocycles. The lowest BCUT2D eigenvalue weighted by molar-refractivity contribution is -0.192. The molecule has 0 aliphatic carbocycles. The molecule has 0 saturated heterocycles. The minimum atomic E-state index is -5.08. The van der Waals surface area contributed by atoms with Gasteiger partial charge in [0.05, 0.1) is 85.7 Å². The predicted molar refractivity (Wildman–Crippen MR) is 139 cm³/mol. The third-order valence-electron chi connectivity index (χ3n) is 4.77. The molecule has 248 valence electrons. The molecule has 0 spiro atoms.